The van der Waals surface area contributed by atoms with Gasteiger partial charge in [0.1, 0.15) is 12.1 Å². The van der Waals surface area contributed by atoms with Crippen LogP contribution in [-0.2, 0) is 61.7 Å². The number of nitrogens with one attached hydrogen (secondary N) is 4. The fourth-order valence-corrected chi connectivity index (χ4v) is 15.2. The molecule has 6 aliphatic heterocycles. The molecule has 460 valence electrons. The number of carbonyl (C=O) groups is 6. The molecule has 3 unspecified atom stereocenters. The van der Waals surface area contributed by atoms with E-state index in [9.17, 15) is 32.8 Å². The van der Waals surface area contributed by atoms with Crippen LogP contribution in [0.15, 0.2) is 79.3 Å². The molecular formula is C64H79F2N15O6. The second-order valence-corrected chi connectivity index (χ2v) is 25.8. The SMILES string of the molecule is Cc1ccc(C[C@@H]2C[C@@H](C(=O)NCc3ccn4c(C(F)F)nnc4c3)N(C(=O)[C@@H]3NC(C4CC4n4ccc(C[C@@H]5C[C@@H](C(=O)NCc6ccc7c(cnn7C)c6)N(C(=O)[C@@H]6NCCC[C@@H]6C(=O)N6CCCC6)C5)n4)CC[C@@H]3C(=O)N3CCCC3)C2)cc1. The number of hydrogen-bond donors (Lipinski definition) is 4. The molecule has 2 aromatic carbocycles. The molecule has 0 spiro atoms. The number of aromatic nitrogens is 7. The van der Waals surface area contributed by atoms with Gasteiger partial charge in [0, 0.05) is 83.2 Å². The van der Waals surface area contributed by atoms with E-state index in [1.54, 1.807) is 28.1 Å². The van der Waals surface area contributed by atoms with Crippen molar-refractivity contribution < 1.29 is 37.5 Å². The maximum Gasteiger partial charge on any atom is 0.297 e. The molecule has 7 fully saturated rings. The number of likely N-dealkylation sites (tertiary alicyclic amines) is 4. The van der Waals surface area contributed by atoms with E-state index in [0.29, 0.717) is 96.3 Å². The molecule has 6 amide bonds. The smallest absolute Gasteiger partial charge is 0.297 e. The molecule has 1 saturated carbocycles. The number of amides is 6. The standard InChI is InChI=1S/C64H79F2N15O6/c1-38-9-11-39(12-10-38)26-42-29-52(59(82)69-34-41-17-24-78-54(31-41)72-73-58(78)57(65)66)80(36-42)64(87)56-47(62(85)77-22-5-6-23-77)14-15-49(71-56)48-32-51(48)81-25-18-45(74-81)28-43-30-53(60(83)68-33-40-13-16-50-44(27-40)35-70-75(50)2)79(37-43)63(86)55-46(8-7-19-67-55)61(84)76-20-3-4-21-76/h9-13,16-18,24-25,27,31,35,42-43,46-49,51-53,55-57,67,71H,3-8,14-15,19-23,26,28-30,32-34,36-37H2,1-2H3,(H,68,83)(H,69,82)/t42-,43-,46+,47+,48?,49?,51?,52+,53+,55-,56-/m1/s1. The van der Waals surface area contributed by atoms with E-state index in [2.05, 4.69) is 60.8 Å². The minimum atomic E-state index is -2.80. The van der Waals surface area contributed by atoms with E-state index < -0.39 is 48.3 Å². The van der Waals surface area contributed by atoms with Gasteiger partial charge < -0.3 is 40.9 Å². The number of aryl methyl sites for hydroxylation is 2. The number of pyridine rings is 1. The average molecular weight is 1190 g/mol. The Hall–Kier alpha value is -7.66. The topological polar surface area (TPSA) is 229 Å². The quantitative estimate of drug-likeness (QED) is 0.0964. The summed E-state index contributed by atoms with van der Waals surface area (Å²) in [5.41, 5.74) is 5.86. The number of nitrogens with zero attached hydrogens (tertiary/aromatic N) is 11. The number of halogens is 2. The van der Waals surface area contributed by atoms with Gasteiger partial charge in [-0.1, -0.05) is 35.9 Å². The molecule has 0 radical (unpaired) electrons. The predicted octanol–water partition coefficient (Wildman–Crippen LogP) is 4.82. The highest BCUT2D eigenvalue weighted by Gasteiger charge is 2.53. The van der Waals surface area contributed by atoms with Crippen LogP contribution in [-0.4, -0.2) is 165 Å². The average Bonchev–Trinajstić information content (AvgIpc) is 1.80. The van der Waals surface area contributed by atoms with Crippen molar-refractivity contribution in [2.24, 2.45) is 36.6 Å². The van der Waals surface area contributed by atoms with Crippen LogP contribution in [0, 0.1) is 36.5 Å². The molecular weight excluding hydrogens is 1110 g/mol. The highest BCUT2D eigenvalue weighted by molar-refractivity contribution is 5.95. The molecule has 1 aliphatic carbocycles. The van der Waals surface area contributed by atoms with Crippen LogP contribution >= 0.6 is 0 Å². The van der Waals surface area contributed by atoms with E-state index in [4.69, 9.17) is 5.10 Å². The Bertz CT molecular complexity index is 3540. The number of benzene rings is 2. The van der Waals surface area contributed by atoms with E-state index in [1.807, 2.05) is 63.6 Å². The zero-order valence-corrected chi connectivity index (χ0v) is 49.6. The summed E-state index contributed by atoms with van der Waals surface area (Å²) in [5.74, 6) is -2.62. The Morgan fingerprint density at radius 1 is 0.667 bits per heavy atom. The van der Waals surface area contributed by atoms with E-state index >= 15 is 4.79 Å². The van der Waals surface area contributed by atoms with Gasteiger partial charge in [-0.25, -0.2) is 8.78 Å². The number of hydrogen-bond acceptors (Lipinski definition) is 12. The first-order chi connectivity index (χ1) is 42.2. The Labute approximate surface area is 504 Å². The lowest BCUT2D eigenvalue weighted by Gasteiger charge is -2.40. The van der Waals surface area contributed by atoms with Gasteiger partial charge in [0.05, 0.1) is 47.4 Å². The van der Waals surface area contributed by atoms with Crippen LogP contribution in [0.25, 0.3) is 16.6 Å². The summed E-state index contributed by atoms with van der Waals surface area (Å²) < 4.78 is 32.2. The van der Waals surface area contributed by atoms with E-state index in [1.165, 1.54) is 10.6 Å². The lowest BCUT2D eigenvalue weighted by Crippen LogP contribution is -2.61. The summed E-state index contributed by atoms with van der Waals surface area (Å²) in [6.07, 6.45) is 11.7. The molecule has 21 nitrogen and oxygen atoms in total. The monoisotopic (exact) mass is 1190 g/mol. The zero-order valence-electron chi connectivity index (χ0n) is 49.6. The summed E-state index contributed by atoms with van der Waals surface area (Å²) in [6.45, 7) is 6.39. The summed E-state index contributed by atoms with van der Waals surface area (Å²) in [4.78, 5) is 94.9. The Morgan fingerprint density at radius 3 is 1.98 bits per heavy atom. The minimum Gasteiger partial charge on any atom is -0.350 e. The largest absolute Gasteiger partial charge is 0.350 e. The van der Waals surface area contributed by atoms with Crippen LogP contribution in [0.5, 0.6) is 0 Å². The summed E-state index contributed by atoms with van der Waals surface area (Å²) in [7, 11) is 1.89. The van der Waals surface area contributed by atoms with Gasteiger partial charge in [-0.05, 0) is 162 Å². The van der Waals surface area contributed by atoms with Crippen LogP contribution < -0.4 is 21.3 Å². The molecule has 0 bridgehead atoms. The third kappa shape index (κ3) is 12.2. The zero-order chi connectivity index (χ0) is 60.0. The van der Waals surface area contributed by atoms with Crippen molar-refractivity contribution in [3.8, 4) is 0 Å². The number of rotatable bonds is 17. The van der Waals surface area contributed by atoms with Crippen molar-refractivity contribution in [2.45, 2.75) is 146 Å². The Kier molecular flexibility index (Phi) is 16.7. The first kappa shape index (κ1) is 58.4. The Balaban J connectivity index is 0.700. The molecule has 6 aromatic rings. The van der Waals surface area contributed by atoms with Gasteiger partial charge in [-0.3, -0.25) is 42.5 Å². The third-order valence-corrected chi connectivity index (χ3v) is 19.9. The number of alkyl halides is 2. The van der Waals surface area contributed by atoms with E-state index in [-0.39, 0.29) is 84.0 Å². The van der Waals surface area contributed by atoms with Crippen molar-refractivity contribution in [3.05, 3.63) is 113 Å². The molecule has 7 aliphatic rings. The number of piperidine rings is 2. The number of fused-ring (bicyclic) bond motifs is 2. The maximum atomic E-state index is 15.5. The third-order valence-electron chi connectivity index (χ3n) is 19.9. The molecule has 13 rings (SSSR count). The molecule has 6 saturated heterocycles. The van der Waals surface area contributed by atoms with Crippen LogP contribution in [0.2, 0.25) is 0 Å². The second kappa shape index (κ2) is 24.8. The van der Waals surface area contributed by atoms with Crippen molar-refractivity contribution >= 4 is 52.0 Å². The summed E-state index contributed by atoms with van der Waals surface area (Å²) in [6, 6.07) is 16.3. The van der Waals surface area contributed by atoms with Crippen LogP contribution in [0.1, 0.15) is 117 Å². The fraction of sp³-hybridized carbons (Fsp3) is 0.562. The van der Waals surface area contributed by atoms with Gasteiger partial charge in [0.15, 0.2) is 5.65 Å². The lowest BCUT2D eigenvalue weighted by molar-refractivity contribution is -0.147. The van der Waals surface area contributed by atoms with Crippen molar-refractivity contribution in [2.75, 3.05) is 45.8 Å². The van der Waals surface area contributed by atoms with Gasteiger partial charge in [-0.2, -0.15) is 10.2 Å². The summed E-state index contributed by atoms with van der Waals surface area (Å²) >= 11 is 0. The predicted molar refractivity (Wildman–Crippen MR) is 317 cm³/mol. The van der Waals surface area contributed by atoms with Crippen molar-refractivity contribution in [1.29, 1.82) is 0 Å². The highest BCUT2D eigenvalue weighted by Crippen LogP contribution is 2.48. The van der Waals surface area contributed by atoms with Gasteiger partial charge in [-0.15, -0.1) is 10.2 Å². The highest BCUT2D eigenvalue weighted by atomic mass is 19.3. The Morgan fingerprint density at radius 2 is 1.30 bits per heavy atom. The summed E-state index contributed by atoms with van der Waals surface area (Å²) in [5, 5.41) is 31.4. The van der Waals surface area contributed by atoms with Gasteiger partial charge in [0.25, 0.3) is 6.43 Å². The molecule has 87 heavy (non-hydrogen) atoms. The van der Waals surface area contributed by atoms with Gasteiger partial charge >= 0.3 is 0 Å². The molecule has 11 atom stereocenters. The first-order valence-corrected chi connectivity index (χ1v) is 31.6. The molecule has 4 N–H and O–H groups in total. The second-order valence-electron chi connectivity index (χ2n) is 25.8. The maximum absolute atomic E-state index is 15.5. The first-order valence-electron chi connectivity index (χ1n) is 31.6. The van der Waals surface area contributed by atoms with Crippen molar-refractivity contribution in [1.82, 2.24) is 75.0 Å². The van der Waals surface area contributed by atoms with Crippen LogP contribution in [0.4, 0.5) is 8.78 Å². The lowest BCUT2D eigenvalue weighted by atomic mass is 9.83. The van der Waals surface area contributed by atoms with Gasteiger partial charge in [0.2, 0.25) is 41.3 Å². The van der Waals surface area contributed by atoms with E-state index in [0.717, 1.165) is 71.8 Å². The molecule has 23 heteroatoms. The molecule has 10 heterocycles. The normalized spacial score (nSPS) is 27.4. The van der Waals surface area contributed by atoms with Crippen LogP contribution in [0.3, 0.4) is 0 Å². The molecule has 4 aromatic heterocycles. The minimum absolute atomic E-state index is 0.0169. The number of carbonyl (C=O) groups excluding carboxylic acids is 6. The van der Waals surface area contributed by atoms with Crippen molar-refractivity contribution in [3.63, 3.8) is 0 Å². The fourth-order valence-electron chi connectivity index (χ4n) is 15.2.